The third-order valence-electron chi connectivity index (χ3n) is 4.99. The lowest BCUT2D eigenvalue weighted by molar-refractivity contribution is -0.116. The molecule has 2 heterocycles. The second-order valence-corrected chi connectivity index (χ2v) is 6.58. The highest BCUT2D eigenvalue weighted by Gasteiger charge is 2.33. The molecule has 0 fully saturated rings. The number of benzene rings is 2. The zero-order chi connectivity index (χ0) is 20.5. The van der Waals surface area contributed by atoms with Crippen molar-refractivity contribution in [2.24, 2.45) is 0 Å². The quantitative estimate of drug-likeness (QED) is 0.713. The van der Waals surface area contributed by atoms with E-state index in [9.17, 15) is 9.18 Å². The molecule has 0 bridgehead atoms. The van der Waals surface area contributed by atoms with E-state index in [1.54, 1.807) is 50.4 Å². The van der Waals surface area contributed by atoms with E-state index in [1.807, 2.05) is 6.07 Å². The van der Waals surface area contributed by atoms with Crippen molar-refractivity contribution in [1.82, 2.24) is 9.55 Å². The Kier molecular flexibility index (Phi) is 4.84. The van der Waals surface area contributed by atoms with Gasteiger partial charge in [0.05, 0.1) is 27.0 Å². The van der Waals surface area contributed by atoms with Gasteiger partial charge in [0.15, 0.2) is 11.5 Å². The summed E-state index contributed by atoms with van der Waals surface area (Å²) in [6.07, 6.45) is 1.82. The van der Waals surface area contributed by atoms with Crippen molar-refractivity contribution >= 4 is 11.7 Å². The van der Waals surface area contributed by atoms with Gasteiger partial charge in [0, 0.05) is 29.7 Å². The molecule has 1 atom stereocenters. The summed E-state index contributed by atoms with van der Waals surface area (Å²) in [4.78, 5) is 17.1. The number of nitrogens with zero attached hydrogens (tertiary/aromatic N) is 2. The predicted molar refractivity (Wildman–Crippen MR) is 105 cm³/mol. The maximum absolute atomic E-state index is 13.3. The number of carbonyl (C=O) groups excluding carboxylic acids is 1. The van der Waals surface area contributed by atoms with Crippen molar-refractivity contribution < 1.29 is 23.4 Å². The van der Waals surface area contributed by atoms with Crippen LogP contribution in [0.25, 0.3) is 5.69 Å². The molecule has 1 aromatic heterocycles. The van der Waals surface area contributed by atoms with Crippen LogP contribution in [0, 0.1) is 5.82 Å². The van der Waals surface area contributed by atoms with Crippen LogP contribution in [0.15, 0.2) is 42.7 Å². The summed E-state index contributed by atoms with van der Waals surface area (Å²) in [7, 11) is 4.66. The Morgan fingerprint density at radius 2 is 1.69 bits per heavy atom. The monoisotopic (exact) mass is 397 g/mol. The molecule has 0 radical (unpaired) electrons. The van der Waals surface area contributed by atoms with Crippen LogP contribution in [0.2, 0.25) is 0 Å². The van der Waals surface area contributed by atoms with E-state index in [0.717, 1.165) is 5.56 Å². The van der Waals surface area contributed by atoms with Crippen LogP contribution in [0.4, 0.5) is 10.2 Å². The molecule has 0 saturated carbocycles. The van der Waals surface area contributed by atoms with Crippen LogP contribution in [-0.4, -0.2) is 36.8 Å². The average molecular weight is 397 g/mol. The molecular formula is C21H20FN3O4. The van der Waals surface area contributed by atoms with Crippen LogP contribution >= 0.6 is 0 Å². The Morgan fingerprint density at radius 3 is 2.34 bits per heavy atom. The number of fused-ring (bicyclic) bond motifs is 1. The Bertz CT molecular complexity index is 1060. The van der Waals surface area contributed by atoms with Crippen molar-refractivity contribution in [1.29, 1.82) is 0 Å². The molecule has 1 aliphatic rings. The molecule has 8 heteroatoms. The summed E-state index contributed by atoms with van der Waals surface area (Å²) in [5.74, 6) is 1.37. The van der Waals surface area contributed by atoms with Crippen molar-refractivity contribution in [2.45, 2.75) is 12.3 Å². The van der Waals surface area contributed by atoms with E-state index in [4.69, 9.17) is 14.2 Å². The van der Waals surface area contributed by atoms with Crippen LogP contribution in [-0.2, 0) is 4.79 Å². The minimum Gasteiger partial charge on any atom is -0.496 e. The SMILES string of the molecule is COc1cc(OC)c([C@@H]2CC(=O)Nc3c2ncn3-c2ccc(F)cc2)cc1OC. The van der Waals surface area contributed by atoms with E-state index in [-0.39, 0.29) is 24.1 Å². The summed E-state index contributed by atoms with van der Waals surface area (Å²) in [5, 5.41) is 2.88. The summed E-state index contributed by atoms with van der Waals surface area (Å²) in [5.41, 5.74) is 2.16. The molecule has 1 aliphatic heterocycles. The van der Waals surface area contributed by atoms with E-state index in [0.29, 0.717) is 34.4 Å². The minimum atomic E-state index is -0.338. The maximum atomic E-state index is 13.3. The number of hydrogen-bond donors (Lipinski definition) is 1. The fourth-order valence-corrected chi connectivity index (χ4v) is 3.59. The highest BCUT2D eigenvalue weighted by atomic mass is 19.1. The van der Waals surface area contributed by atoms with Gasteiger partial charge in [-0.3, -0.25) is 9.36 Å². The number of aromatic nitrogens is 2. The summed E-state index contributed by atoms with van der Waals surface area (Å²) in [6.45, 7) is 0. The number of anilines is 1. The van der Waals surface area contributed by atoms with Crippen LogP contribution < -0.4 is 19.5 Å². The Hall–Kier alpha value is -3.55. The van der Waals surface area contributed by atoms with Gasteiger partial charge in [-0.1, -0.05) is 0 Å². The van der Waals surface area contributed by atoms with Crippen LogP contribution in [0.1, 0.15) is 23.6 Å². The molecular weight excluding hydrogens is 377 g/mol. The number of carbonyl (C=O) groups is 1. The smallest absolute Gasteiger partial charge is 0.226 e. The standard InChI is InChI=1S/C21H20FN3O4/c1-27-16-10-18(29-3)17(28-2)8-14(16)15-9-19(26)24-21-20(15)23-11-25(21)13-6-4-12(22)5-7-13/h4-8,10-11,15H,9H2,1-3H3,(H,24,26)/t15-/m0/s1. The van der Waals surface area contributed by atoms with Gasteiger partial charge in [0.1, 0.15) is 23.7 Å². The van der Waals surface area contributed by atoms with Gasteiger partial charge >= 0.3 is 0 Å². The first-order chi connectivity index (χ1) is 14.0. The van der Waals surface area contributed by atoms with Gasteiger partial charge in [-0.15, -0.1) is 0 Å². The number of ether oxygens (including phenoxy) is 3. The van der Waals surface area contributed by atoms with E-state index >= 15 is 0 Å². The third kappa shape index (κ3) is 3.26. The fraction of sp³-hybridized carbons (Fsp3) is 0.238. The predicted octanol–water partition coefficient (Wildman–Crippen LogP) is 3.51. The molecule has 0 aliphatic carbocycles. The average Bonchev–Trinajstić information content (AvgIpc) is 3.16. The molecule has 0 saturated heterocycles. The molecule has 7 nitrogen and oxygen atoms in total. The lowest BCUT2D eigenvalue weighted by Crippen LogP contribution is -2.25. The fourth-order valence-electron chi connectivity index (χ4n) is 3.59. The van der Waals surface area contributed by atoms with Crippen LogP contribution in [0.3, 0.4) is 0 Å². The molecule has 0 spiro atoms. The van der Waals surface area contributed by atoms with E-state index in [1.165, 1.54) is 12.1 Å². The third-order valence-corrected chi connectivity index (χ3v) is 4.99. The number of imidazole rings is 1. The summed E-state index contributed by atoms with van der Waals surface area (Å²) >= 11 is 0. The number of rotatable bonds is 5. The van der Waals surface area contributed by atoms with Crippen LogP contribution in [0.5, 0.6) is 17.2 Å². The van der Waals surface area contributed by atoms with Crippen molar-refractivity contribution in [3.05, 3.63) is 59.8 Å². The normalized spacial score (nSPS) is 15.4. The number of nitrogens with one attached hydrogen (secondary N) is 1. The maximum Gasteiger partial charge on any atom is 0.226 e. The van der Waals surface area contributed by atoms with Gasteiger partial charge in [-0.2, -0.15) is 0 Å². The van der Waals surface area contributed by atoms with Crippen molar-refractivity contribution in [3.63, 3.8) is 0 Å². The lowest BCUT2D eigenvalue weighted by atomic mass is 9.88. The molecule has 1 amide bonds. The van der Waals surface area contributed by atoms with Crippen molar-refractivity contribution in [3.8, 4) is 22.9 Å². The topological polar surface area (TPSA) is 74.6 Å². The second-order valence-electron chi connectivity index (χ2n) is 6.58. The molecule has 150 valence electrons. The summed E-state index contributed by atoms with van der Waals surface area (Å²) < 4.78 is 31.4. The van der Waals surface area contributed by atoms with Gasteiger partial charge in [-0.25, -0.2) is 9.37 Å². The highest BCUT2D eigenvalue weighted by molar-refractivity contribution is 5.94. The number of amides is 1. The Morgan fingerprint density at radius 1 is 1.03 bits per heavy atom. The number of hydrogen-bond acceptors (Lipinski definition) is 5. The van der Waals surface area contributed by atoms with E-state index in [2.05, 4.69) is 10.3 Å². The summed E-state index contributed by atoms with van der Waals surface area (Å²) in [6, 6.07) is 9.52. The largest absolute Gasteiger partial charge is 0.496 e. The number of halogens is 1. The van der Waals surface area contributed by atoms with Gasteiger partial charge in [0.2, 0.25) is 5.91 Å². The zero-order valence-electron chi connectivity index (χ0n) is 16.2. The van der Waals surface area contributed by atoms with Gasteiger partial charge < -0.3 is 19.5 Å². The minimum absolute atomic E-state index is 0.150. The molecule has 2 aromatic carbocycles. The number of methoxy groups -OCH3 is 3. The molecule has 29 heavy (non-hydrogen) atoms. The first-order valence-corrected chi connectivity index (χ1v) is 8.98. The highest BCUT2D eigenvalue weighted by Crippen LogP contribution is 2.44. The van der Waals surface area contributed by atoms with Gasteiger partial charge in [0.25, 0.3) is 0 Å². The first-order valence-electron chi connectivity index (χ1n) is 8.98. The van der Waals surface area contributed by atoms with Crippen molar-refractivity contribution in [2.75, 3.05) is 26.6 Å². The molecule has 3 aromatic rings. The molecule has 4 rings (SSSR count). The van der Waals surface area contributed by atoms with Gasteiger partial charge in [-0.05, 0) is 30.3 Å². The van der Waals surface area contributed by atoms with E-state index < -0.39 is 0 Å². The first kappa shape index (κ1) is 18.8. The second kappa shape index (κ2) is 7.46. The zero-order valence-corrected chi connectivity index (χ0v) is 16.2. The Balaban J connectivity index is 1.84. The molecule has 0 unspecified atom stereocenters. The lowest BCUT2D eigenvalue weighted by Gasteiger charge is -2.25. The molecule has 1 N–H and O–H groups in total. The Labute approximate surface area is 167 Å².